The minimum atomic E-state index is 0.349. The predicted molar refractivity (Wildman–Crippen MR) is 68.7 cm³/mol. The molecule has 15 heavy (non-hydrogen) atoms. The molecule has 2 nitrogen and oxygen atoms in total. The van der Waals surface area contributed by atoms with E-state index in [1.807, 2.05) is 0 Å². The molecule has 84 valence electrons. The number of hydrazine groups is 1. The van der Waals surface area contributed by atoms with Crippen LogP contribution in [-0.4, -0.2) is 0 Å². The highest BCUT2D eigenvalue weighted by molar-refractivity contribution is 9.10. The van der Waals surface area contributed by atoms with Gasteiger partial charge in [-0.2, -0.15) is 0 Å². The average Bonchev–Trinajstić information content (AvgIpc) is 2.68. The van der Waals surface area contributed by atoms with Crippen molar-refractivity contribution in [2.45, 2.75) is 38.1 Å². The molecule has 1 aliphatic rings. The third-order valence-corrected chi connectivity index (χ3v) is 4.97. The predicted octanol–water partition coefficient (Wildman–Crippen LogP) is 3.60. The number of hydrogen-bond donors (Lipinski definition) is 2. The van der Waals surface area contributed by atoms with E-state index >= 15 is 0 Å². The Morgan fingerprint density at radius 3 is 2.67 bits per heavy atom. The largest absolute Gasteiger partial charge is 0.271 e. The zero-order valence-electron chi connectivity index (χ0n) is 8.71. The first-order chi connectivity index (χ1) is 7.31. The molecule has 0 spiro atoms. The second-order valence-electron chi connectivity index (χ2n) is 4.21. The highest BCUT2D eigenvalue weighted by Gasteiger charge is 2.24. The van der Waals surface area contributed by atoms with Gasteiger partial charge in [0.2, 0.25) is 0 Å². The van der Waals surface area contributed by atoms with E-state index in [4.69, 9.17) is 5.84 Å². The quantitative estimate of drug-likeness (QED) is 0.659. The maximum absolute atomic E-state index is 5.69. The second-order valence-corrected chi connectivity index (χ2v) is 6.07. The van der Waals surface area contributed by atoms with Crippen LogP contribution in [0.5, 0.6) is 0 Å². The van der Waals surface area contributed by atoms with Crippen LogP contribution in [0.4, 0.5) is 0 Å². The Kier molecular flexibility index (Phi) is 4.20. The summed E-state index contributed by atoms with van der Waals surface area (Å²) >= 11 is 5.28. The lowest BCUT2D eigenvalue weighted by Crippen LogP contribution is -2.33. The van der Waals surface area contributed by atoms with E-state index in [1.165, 1.54) is 41.5 Å². The summed E-state index contributed by atoms with van der Waals surface area (Å²) in [5.74, 6) is 6.40. The summed E-state index contributed by atoms with van der Waals surface area (Å²) in [6.45, 7) is 0. The standard InChI is InChI=1S/C11H17BrN2S/c12-9-6-10(15-7-9)11(14-13)8-4-2-1-3-5-8/h6-8,11,14H,1-5,13H2. The number of nitrogens with one attached hydrogen (secondary N) is 1. The van der Waals surface area contributed by atoms with Crippen molar-refractivity contribution in [2.24, 2.45) is 11.8 Å². The normalized spacial score (nSPS) is 20.4. The lowest BCUT2D eigenvalue weighted by molar-refractivity contribution is 0.276. The van der Waals surface area contributed by atoms with E-state index in [1.54, 1.807) is 11.3 Å². The number of nitrogens with two attached hydrogens (primary N) is 1. The Morgan fingerprint density at radius 2 is 2.13 bits per heavy atom. The van der Waals surface area contributed by atoms with Crippen molar-refractivity contribution in [1.29, 1.82) is 0 Å². The summed E-state index contributed by atoms with van der Waals surface area (Å²) in [6.07, 6.45) is 6.72. The van der Waals surface area contributed by atoms with Crippen LogP contribution in [0.1, 0.15) is 43.0 Å². The van der Waals surface area contributed by atoms with Crippen LogP contribution in [-0.2, 0) is 0 Å². The first kappa shape index (κ1) is 11.6. The van der Waals surface area contributed by atoms with Crippen molar-refractivity contribution >= 4 is 27.3 Å². The van der Waals surface area contributed by atoms with Crippen LogP contribution < -0.4 is 11.3 Å². The summed E-state index contributed by atoms with van der Waals surface area (Å²) in [7, 11) is 0. The second kappa shape index (κ2) is 5.43. The van der Waals surface area contributed by atoms with Gasteiger partial charge in [-0.1, -0.05) is 19.3 Å². The van der Waals surface area contributed by atoms with E-state index in [0.717, 1.165) is 0 Å². The Labute approximate surface area is 103 Å². The van der Waals surface area contributed by atoms with Crippen molar-refractivity contribution in [3.63, 3.8) is 0 Å². The molecule has 4 heteroatoms. The van der Waals surface area contributed by atoms with Crippen molar-refractivity contribution in [3.8, 4) is 0 Å². The van der Waals surface area contributed by atoms with Gasteiger partial charge in [0.1, 0.15) is 0 Å². The lowest BCUT2D eigenvalue weighted by atomic mass is 9.83. The molecule has 1 fully saturated rings. The molecular weight excluding hydrogens is 272 g/mol. The molecule has 3 N–H and O–H groups in total. The molecule has 1 saturated carbocycles. The molecule has 1 aromatic rings. The SMILES string of the molecule is NNC(c1cc(Br)cs1)C1CCCCC1. The zero-order valence-corrected chi connectivity index (χ0v) is 11.1. The van der Waals surface area contributed by atoms with Gasteiger partial charge in [0.05, 0.1) is 6.04 Å². The summed E-state index contributed by atoms with van der Waals surface area (Å²) in [6, 6.07) is 2.53. The Bertz CT molecular complexity index is 307. The van der Waals surface area contributed by atoms with Crippen LogP contribution in [0.3, 0.4) is 0 Å². The molecule has 0 amide bonds. The number of rotatable bonds is 3. The van der Waals surface area contributed by atoms with Crippen LogP contribution in [0.15, 0.2) is 15.9 Å². The molecule has 1 unspecified atom stereocenters. The maximum atomic E-state index is 5.69. The van der Waals surface area contributed by atoms with Gasteiger partial charge in [-0.15, -0.1) is 11.3 Å². The van der Waals surface area contributed by atoms with Crippen molar-refractivity contribution < 1.29 is 0 Å². The summed E-state index contributed by atoms with van der Waals surface area (Å²) < 4.78 is 1.17. The lowest BCUT2D eigenvalue weighted by Gasteiger charge is -2.29. The van der Waals surface area contributed by atoms with Gasteiger partial charge < -0.3 is 0 Å². The third kappa shape index (κ3) is 2.81. The van der Waals surface area contributed by atoms with E-state index in [-0.39, 0.29) is 0 Å². The van der Waals surface area contributed by atoms with Crippen LogP contribution in [0.2, 0.25) is 0 Å². The molecule has 2 rings (SSSR count). The molecule has 0 saturated heterocycles. The summed E-state index contributed by atoms with van der Waals surface area (Å²) in [4.78, 5) is 1.36. The van der Waals surface area contributed by atoms with Crippen molar-refractivity contribution in [2.75, 3.05) is 0 Å². The molecule has 1 atom stereocenters. The van der Waals surface area contributed by atoms with Gasteiger partial charge in [0, 0.05) is 14.7 Å². The van der Waals surface area contributed by atoms with Crippen LogP contribution >= 0.6 is 27.3 Å². The molecule has 0 aromatic carbocycles. The fourth-order valence-electron chi connectivity index (χ4n) is 2.41. The van der Waals surface area contributed by atoms with Gasteiger partial charge in [0.25, 0.3) is 0 Å². The van der Waals surface area contributed by atoms with Crippen molar-refractivity contribution in [3.05, 3.63) is 20.8 Å². The molecular formula is C11H17BrN2S. The topological polar surface area (TPSA) is 38.0 Å². The summed E-state index contributed by atoms with van der Waals surface area (Å²) in [5.41, 5.74) is 2.99. The van der Waals surface area contributed by atoms with Gasteiger partial charge in [-0.05, 0) is 40.8 Å². The zero-order chi connectivity index (χ0) is 10.7. The third-order valence-electron chi connectivity index (χ3n) is 3.20. The molecule has 1 aliphatic carbocycles. The van der Waals surface area contributed by atoms with E-state index < -0.39 is 0 Å². The smallest absolute Gasteiger partial charge is 0.0581 e. The van der Waals surface area contributed by atoms with E-state index in [9.17, 15) is 0 Å². The Balaban J connectivity index is 2.08. The Morgan fingerprint density at radius 1 is 1.40 bits per heavy atom. The number of hydrogen-bond acceptors (Lipinski definition) is 3. The van der Waals surface area contributed by atoms with Gasteiger partial charge in [-0.25, -0.2) is 0 Å². The summed E-state index contributed by atoms with van der Waals surface area (Å²) in [5, 5.41) is 2.13. The van der Waals surface area contributed by atoms with Crippen molar-refractivity contribution in [1.82, 2.24) is 5.43 Å². The molecule has 0 radical (unpaired) electrons. The Hall–Kier alpha value is 0.1000. The van der Waals surface area contributed by atoms with Gasteiger partial charge in [0.15, 0.2) is 0 Å². The first-order valence-electron chi connectivity index (χ1n) is 5.51. The fourth-order valence-corrected chi connectivity index (χ4v) is 4.01. The monoisotopic (exact) mass is 288 g/mol. The number of halogens is 1. The molecule has 1 heterocycles. The highest BCUT2D eigenvalue weighted by Crippen LogP contribution is 2.37. The van der Waals surface area contributed by atoms with E-state index in [0.29, 0.717) is 12.0 Å². The average molecular weight is 289 g/mol. The molecule has 0 aliphatic heterocycles. The minimum absolute atomic E-state index is 0.349. The minimum Gasteiger partial charge on any atom is -0.271 e. The van der Waals surface area contributed by atoms with Gasteiger partial charge >= 0.3 is 0 Å². The fraction of sp³-hybridized carbons (Fsp3) is 0.636. The van der Waals surface area contributed by atoms with Crippen LogP contribution in [0.25, 0.3) is 0 Å². The van der Waals surface area contributed by atoms with Gasteiger partial charge in [-0.3, -0.25) is 11.3 Å². The van der Waals surface area contributed by atoms with E-state index in [2.05, 4.69) is 32.8 Å². The highest BCUT2D eigenvalue weighted by atomic mass is 79.9. The molecule has 0 bridgehead atoms. The first-order valence-corrected chi connectivity index (χ1v) is 7.18. The molecule has 1 aromatic heterocycles. The van der Waals surface area contributed by atoms with Crippen LogP contribution in [0, 0.1) is 5.92 Å². The maximum Gasteiger partial charge on any atom is 0.0581 e. The number of thiophene rings is 1.